The normalized spacial score (nSPS) is 15.1. The van der Waals surface area contributed by atoms with Crippen LogP contribution in [-0.2, 0) is 11.3 Å². The topological polar surface area (TPSA) is 112 Å². The Morgan fingerprint density at radius 2 is 1.82 bits per heavy atom. The van der Waals surface area contributed by atoms with E-state index in [-0.39, 0.29) is 17.7 Å². The van der Waals surface area contributed by atoms with Crippen molar-refractivity contribution in [2.75, 3.05) is 31.6 Å². The molecular formula is C24H27N5O4. The van der Waals surface area contributed by atoms with Gasteiger partial charge < -0.3 is 25.1 Å². The first kappa shape index (κ1) is 22.5. The van der Waals surface area contributed by atoms with Gasteiger partial charge in [0.1, 0.15) is 12.0 Å². The Hall–Kier alpha value is -3.69. The van der Waals surface area contributed by atoms with Gasteiger partial charge in [0.15, 0.2) is 11.5 Å². The van der Waals surface area contributed by atoms with E-state index in [0.29, 0.717) is 31.1 Å². The summed E-state index contributed by atoms with van der Waals surface area (Å²) in [7, 11) is 0. The van der Waals surface area contributed by atoms with E-state index in [1.807, 2.05) is 37.3 Å². The molecule has 1 aliphatic rings. The number of nitrogens with zero attached hydrogens (tertiary/aromatic N) is 3. The summed E-state index contributed by atoms with van der Waals surface area (Å²) in [6, 6.07) is 16.4. The number of hydrogen-bond acceptors (Lipinski definition) is 6. The minimum atomic E-state index is -0.667. The Balaban J connectivity index is 1.42. The van der Waals surface area contributed by atoms with E-state index < -0.39 is 11.8 Å². The second-order valence-corrected chi connectivity index (χ2v) is 7.76. The van der Waals surface area contributed by atoms with Crippen LogP contribution >= 0.6 is 0 Å². The molecule has 1 unspecified atom stereocenters. The fourth-order valence-electron chi connectivity index (χ4n) is 3.71. The average molecular weight is 450 g/mol. The molecule has 3 aromatic rings. The molecule has 3 N–H and O–H groups in total. The molecule has 2 amide bonds. The lowest BCUT2D eigenvalue weighted by Crippen LogP contribution is -2.44. The van der Waals surface area contributed by atoms with Crippen LogP contribution in [0.25, 0.3) is 0 Å². The lowest BCUT2D eigenvalue weighted by molar-refractivity contribution is -0.0373. The maximum absolute atomic E-state index is 12.8. The summed E-state index contributed by atoms with van der Waals surface area (Å²) in [6.07, 6.45) is 1.40. The second-order valence-electron chi connectivity index (χ2n) is 7.76. The number of ether oxygens (including phenoxy) is 2. The fourth-order valence-corrected chi connectivity index (χ4v) is 3.71. The van der Waals surface area contributed by atoms with Crippen molar-refractivity contribution in [2.24, 2.45) is 5.73 Å². The number of morpholine rings is 1. The van der Waals surface area contributed by atoms with Crippen LogP contribution in [0.4, 0.5) is 5.82 Å². The van der Waals surface area contributed by atoms with Gasteiger partial charge >= 0.3 is 0 Å². The number of carbonyl (C=O) groups is 2. The summed E-state index contributed by atoms with van der Waals surface area (Å²) in [5, 5.41) is 2.69. The first-order valence-corrected chi connectivity index (χ1v) is 10.8. The van der Waals surface area contributed by atoms with Crippen molar-refractivity contribution < 1.29 is 19.1 Å². The molecule has 1 aliphatic heterocycles. The number of carbonyl (C=O) groups excluding carboxylic acids is 2. The third-order valence-corrected chi connectivity index (χ3v) is 5.48. The van der Waals surface area contributed by atoms with Crippen molar-refractivity contribution in [1.82, 2.24) is 14.5 Å². The maximum Gasteiger partial charge on any atom is 0.269 e. The molecule has 1 fully saturated rings. The van der Waals surface area contributed by atoms with Crippen molar-refractivity contribution in [3.05, 3.63) is 77.7 Å². The molecule has 33 heavy (non-hydrogen) atoms. The lowest BCUT2D eigenvalue weighted by atomic mass is 10.2. The van der Waals surface area contributed by atoms with Gasteiger partial charge in [0.25, 0.3) is 11.8 Å². The third-order valence-electron chi connectivity index (χ3n) is 5.48. The Bertz CT molecular complexity index is 1090. The monoisotopic (exact) mass is 449 g/mol. The number of primary amides is 1. The number of nitrogens with one attached hydrogen (secondary N) is 1. The Morgan fingerprint density at radius 3 is 2.48 bits per heavy atom. The highest BCUT2D eigenvalue weighted by molar-refractivity contribution is 6.07. The number of anilines is 1. The van der Waals surface area contributed by atoms with Crippen LogP contribution in [0.2, 0.25) is 0 Å². The lowest BCUT2D eigenvalue weighted by Gasteiger charge is -2.32. The Morgan fingerprint density at radius 1 is 1.12 bits per heavy atom. The number of nitrogens with two attached hydrogens (primary N) is 1. The molecule has 1 atom stereocenters. The standard InChI is InChI=1S/C24H27N5O4/c1-17(28-11-13-32-14-12-28)33-20-9-7-19(8-10-20)24(31)27-23-21(22(25)30)29(16-26-23)15-18-5-3-2-4-6-18/h2-10,16-17H,11-15H2,1H3,(H2,25,30)(H,27,31). The summed E-state index contributed by atoms with van der Waals surface area (Å²) >= 11 is 0. The number of rotatable bonds is 8. The van der Waals surface area contributed by atoms with E-state index in [1.54, 1.807) is 28.8 Å². The summed E-state index contributed by atoms with van der Waals surface area (Å²) in [6.45, 7) is 5.43. The van der Waals surface area contributed by atoms with Crippen molar-refractivity contribution >= 4 is 17.6 Å². The molecule has 2 aromatic carbocycles. The summed E-state index contributed by atoms with van der Waals surface area (Å²) in [5.41, 5.74) is 7.12. The smallest absolute Gasteiger partial charge is 0.269 e. The Kier molecular flexibility index (Phi) is 7.01. The zero-order valence-corrected chi connectivity index (χ0v) is 18.4. The highest BCUT2D eigenvalue weighted by Crippen LogP contribution is 2.19. The van der Waals surface area contributed by atoms with Crippen molar-refractivity contribution in [2.45, 2.75) is 19.7 Å². The number of amides is 2. The third kappa shape index (κ3) is 5.57. The highest BCUT2D eigenvalue weighted by Gasteiger charge is 2.20. The van der Waals surface area contributed by atoms with Crippen LogP contribution in [0, 0.1) is 0 Å². The average Bonchev–Trinajstić information content (AvgIpc) is 3.22. The Labute approximate surface area is 192 Å². The van der Waals surface area contributed by atoms with E-state index in [9.17, 15) is 9.59 Å². The van der Waals surface area contributed by atoms with Gasteiger partial charge in [-0.15, -0.1) is 0 Å². The molecule has 1 aromatic heterocycles. The number of aromatic nitrogens is 2. The summed E-state index contributed by atoms with van der Waals surface area (Å²) in [4.78, 5) is 31.2. The van der Waals surface area contributed by atoms with Gasteiger partial charge in [-0.2, -0.15) is 0 Å². The molecule has 0 aliphatic carbocycles. The highest BCUT2D eigenvalue weighted by atomic mass is 16.5. The van der Waals surface area contributed by atoms with Crippen LogP contribution in [0.5, 0.6) is 5.75 Å². The largest absolute Gasteiger partial charge is 0.475 e. The molecule has 9 heteroatoms. The zero-order valence-electron chi connectivity index (χ0n) is 18.4. The molecule has 0 bridgehead atoms. The van der Waals surface area contributed by atoms with Crippen LogP contribution < -0.4 is 15.8 Å². The second kappa shape index (κ2) is 10.3. The summed E-state index contributed by atoms with van der Waals surface area (Å²) < 4.78 is 13.0. The molecule has 0 saturated carbocycles. The first-order valence-electron chi connectivity index (χ1n) is 10.8. The minimum absolute atomic E-state index is 0.0970. The van der Waals surface area contributed by atoms with E-state index in [0.717, 1.165) is 18.7 Å². The van der Waals surface area contributed by atoms with Gasteiger partial charge in [0, 0.05) is 25.2 Å². The quantitative estimate of drug-likeness (QED) is 0.546. The van der Waals surface area contributed by atoms with E-state index in [1.165, 1.54) is 6.33 Å². The molecule has 1 saturated heterocycles. The van der Waals surface area contributed by atoms with Crippen LogP contribution in [0.3, 0.4) is 0 Å². The SMILES string of the molecule is CC(Oc1ccc(C(=O)Nc2ncn(Cc3ccccc3)c2C(N)=O)cc1)N1CCOCC1. The van der Waals surface area contributed by atoms with Gasteiger partial charge in [-0.1, -0.05) is 30.3 Å². The molecule has 0 spiro atoms. The minimum Gasteiger partial charge on any atom is -0.475 e. The fraction of sp³-hybridized carbons (Fsp3) is 0.292. The first-order chi connectivity index (χ1) is 16.0. The molecular weight excluding hydrogens is 422 g/mol. The number of imidazole rings is 1. The van der Waals surface area contributed by atoms with Gasteiger partial charge in [-0.25, -0.2) is 4.98 Å². The number of benzene rings is 2. The van der Waals surface area contributed by atoms with Crippen molar-refractivity contribution in [3.63, 3.8) is 0 Å². The van der Waals surface area contributed by atoms with Crippen molar-refractivity contribution in [3.8, 4) is 5.75 Å². The molecule has 0 radical (unpaired) electrons. The molecule has 4 rings (SSSR count). The van der Waals surface area contributed by atoms with Crippen molar-refractivity contribution in [1.29, 1.82) is 0 Å². The van der Waals surface area contributed by atoms with E-state index >= 15 is 0 Å². The number of hydrogen-bond donors (Lipinski definition) is 2. The zero-order chi connectivity index (χ0) is 23.2. The summed E-state index contributed by atoms with van der Waals surface area (Å²) in [5.74, 6) is -0.268. The maximum atomic E-state index is 12.8. The van der Waals surface area contributed by atoms with E-state index in [4.69, 9.17) is 15.2 Å². The van der Waals surface area contributed by atoms with Crippen LogP contribution in [-0.4, -0.2) is 58.8 Å². The molecule has 2 heterocycles. The van der Waals surface area contributed by atoms with E-state index in [2.05, 4.69) is 15.2 Å². The molecule has 172 valence electrons. The molecule has 9 nitrogen and oxygen atoms in total. The van der Waals surface area contributed by atoms with Gasteiger partial charge in [-0.3, -0.25) is 14.5 Å². The predicted molar refractivity (Wildman–Crippen MR) is 123 cm³/mol. The van der Waals surface area contributed by atoms with Crippen LogP contribution in [0.1, 0.15) is 33.3 Å². The van der Waals surface area contributed by atoms with Gasteiger partial charge in [0.2, 0.25) is 0 Å². The van der Waals surface area contributed by atoms with Gasteiger partial charge in [-0.05, 0) is 36.8 Å². The van der Waals surface area contributed by atoms with Gasteiger partial charge in [0.05, 0.1) is 19.5 Å². The van der Waals surface area contributed by atoms with Crippen LogP contribution in [0.15, 0.2) is 60.9 Å². The predicted octanol–water partition coefficient (Wildman–Crippen LogP) is 2.34.